The molecule has 27 nitrogen and oxygen atoms in total. The van der Waals surface area contributed by atoms with E-state index in [1.165, 1.54) is 18.6 Å². The summed E-state index contributed by atoms with van der Waals surface area (Å²) in [6, 6.07) is -8.24. The number of amides is 8. The number of aliphatic hydroxyl groups is 7. The molecule has 3 heterocycles. The maximum Gasteiger partial charge on any atom is 0.248 e. The number of nitrogens with zero attached hydrogens (tertiary/aromatic N) is 2. The monoisotopic (exact) mass is 1140 g/mol. The maximum absolute atomic E-state index is 14.6. The van der Waals surface area contributed by atoms with Gasteiger partial charge in [0.1, 0.15) is 60.3 Å². The summed E-state index contributed by atoms with van der Waals surface area (Å²) in [5.41, 5.74) is 17.0. The van der Waals surface area contributed by atoms with Crippen LogP contribution in [0.15, 0.2) is 24.3 Å². The molecular formula is C53H88N10O17. The fraction of sp³-hybridized carbons (Fsp3) is 0.736. The van der Waals surface area contributed by atoms with E-state index >= 15 is 0 Å². The summed E-state index contributed by atoms with van der Waals surface area (Å²) in [5.74, 6) is -8.43. The third-order valence-electron chi connectivity index (χ3n) is 15.1. The van der Waals surface area contributed by atoms with Crippen LogP contribution in [0, 0.1) is 11.8 Å². The number of carbonyl (C=O) groups excluding carboxylic acids is 8. The van der Waals surface area contributed by atoms with Gasteiger partial charge in [-0.2, -0.15) is 0 Å². The Bertz CT molecular complexity index is 2210. The van der Waals surface area contributed by atoms with Crippen LogP contribution in [-0.2, 0) is 43.1 Å². The standard InChI is InChI=1S/C53H88N10O17/c1-5-27(2)20-28(3)12-10-8-6-7-9-11-13-40(71)57-34-22-38(69)51(80-26-31(55)24-54)61-50(77)44-36(67)18-19-62(44)53(79)42(37(68)23-39(56)70)59-49(76)43(46(73)45(72)30-14-16-32(65)17-15-30)60-48(75)35-21-33(66)25-63(35)52(78)41(29(4)64)58-47(34)74/h14-17,27-29,31,33-38,41-46,51,64-69,72-73H,5-13,18-26,54-55H2,1-4H3,(H2,56,70)(H,57,71)(H,58,74)(H,59,76)(H,60,75)(H,61,77). The van der Waals surface area contributed by atoms with Crippen molar-refractivity contribution in [3.8, 4) is 5.75 Å². The third-order valence-corrected chi connectivity index (χ3v) is 15.1. The van der Waals surface area contributed by atoms with E-state index in [9.17, 15) is 79.2 Å². The number of rotatable bonds is 24. The fourth-order valence-electron chi connectivity index (χ4n) is 10.2. The van der Waals surface area contributed by atoms with Crippen molar-refractivity contribution in [1.29, 1.82) is 0 Å². The zero-order chi connectivity index (χ0) is 59.5. The van der Waals surface area contributed by atoms with Crippen LogP contribution in [0.1, 0.15) is 129 Å². The second kappa shape index (κ2) is 32.1. The van der Waals surface area contributed by atoms with E-state index in [1.54, 1.807) is 0 Å². The Labute approximate surface area is 466 Å². The van der Waals surface area contributed by atoms with Gasteiger partial charge < -0.3 is 99.2 Å². The second-order valence-electron chi connectivity index (χ2n) is 21.9. The quantitative estimate of drug-likeness (QED) is 0.0438. The van der Waals surface area contributed by atoms with E-state index in [0.717, 1.165) is 67.4 Å². The van der Waals surface area contributed by atoms with Gasteiger partial charge in [0.15, 0.2) is 6.23 Å². The van der Waals surface area contributed by atoms with Gasteiger partial charge in [-0.15, -0.1) is 0 Å². The number of nitrogens with two attached hydrogens (primary N) is 3. The molecule has 3 aliphatic rings. The summed E-state index contributed by atoms with van der Waals surface area (Å²) in [7, 11) is 0. The zero-order valence-electron chi connectivity index (χ0n) is 46.2. The van der Waals surface area contributed by atoms with Gasteiger partial charge in [0, 0.05) is 44.9 Å². The second-order valence-corrected chi connectivity index (χ2v) is 21.9. The van der Waals surface area contributed by atoms with E-state index in [1.807, 2.05) is 0 Å². The first-order valence-corrected chi connectivity index (χ1v) is 27.8. The number of ether oxygens (including phenoxy) is 1. The number of hydrogen-bond donors (Lipinski definition) is 16. The van der Waals surface area contributed by atoms with Crippen molar-refractivity contribution in [3.63, 3.8) is 0 Å². The minimum Gasteiger partial charge on any atom is -0.508 e. The minimum absolute atomic E-state index is 0.0768. The molecule has 4 rings (SSSR count). The SMILES string of the molecule is CCC(C)CC(C)CCCCCCCCC(=O)NC1CC(O)C(OCC(N)CN)NC(=O)C2C(O)CCN2C(=O)C(C(O)CC(N)=O)NC(=O)C(C(O)C(O)c2ccc(O)cc2)NC(=O)C2CC(O)CN2C(=O)C(C(C)O)NC1=O. The topological polar surface area (TPSA) is 452 Å². The van der Waals surface area contributed by atoms with Gasteiger partial charge in [-0.05, 0) is 55.7 Å². The number of unbranched alkanes of at least 4 members (excludes halogenated alkanes) is 5. The Morgan fingerprint density at radius 3 is 2.00 bits per heavy atom. The molecule has 3 aliphatic heterocycles. The predicted octanol–water partition coefficient (Wildman–Crippen LogP) is -4.03. The molecular weight excluding hydrogens is 1050 g/mol. The Morgan fingerprint density at radius 2 is 1.38 bits per heavy atom. The molecule has 3 fully saturated rings. The molecule has 0 saturated carbocycles. The first-order valence-electron chi connectivity index (χ1n) is 27.8. The molecule has 8 amide bonds. The lowest BCUT2D eigenvalue weighted by Crippen LogP contribution is -2.64. The maximum atomic E-state index is 14.6. The summed E-state index contributed by atoms with van der Waals surface area (Å²) in [6.45, 7) is 6.19. The largest absolute Gasteiger partial charge is 0.508 e. The molecule has 0 aliphatic carbocycles. The summed E-state index contributed by atoms with van der Waals surface area (Å²) < 4.78 is 5.83. The number of aromatic hydroxyl groups is 1. The van der Waals surface area contributed by atoms with Crippen LogP contribution in [0.2, 0.25) is 0 Å². The molecule has 19 N–H and O–H groups in total. The molecule has 0 spiro atoms. The normalized spacial score (nSPS) is 28.4. The number of phenolic OH excluding ortho intramolecular Hbond substituents is 1. The predicted molar refractivity (Wildman–Crippen MR) is 286 cm³/mol. The lowest BCUT2D eigenvalue weighted by Gasteiger charge is -2.35. The Morgan fingerprint density at radius 1 is 0.762 bits per heavy atom. The van der Waals surface area contributed by atoms with E-state index in [2.05, 4.69) is 47.4 Å². The summed E-state index contributed by atoms with van der Waals surface area (Å²) in [4.78, 5) is 114. The number of hydrogen-bond acceptors (Lipinski definition) is 19. The van der Waals surface area contributed by atoms with Crippen LogP contribution in [0.3, 0.4) is 0 Å². The highest BCUT2D eigenvalue weighted by Gasteiger charge is 2.49. The average molecular weight is 1140 g/mol. The first-order chi connectivity index (χ1) is 37.8. The van der Waals surface area contributed by atoms with Crippen molar-refractivity contribution in [2.75, 3.05) is 26.2 Å². The van der Waals surface area contributed by atoms with Crippen LogP contribution in [-0.4, -0.2) is 209 Å². The van der Waals surface area contributed by atoms with Crippen LogP contribution >= 0.6 is 0 Å². The van der Waals surface area contributed by atoms with Crippen molar-refractivity contribution in [2.45, 2.75) is 209 Å². The van der Waals surface area contributed by atoms with E-state index < -0.39 is 177 Å². The van der Waals surface area contributed by atoms with Crippen molar-refractivity contribution in [1.82, 2.24) is 36.4 Å². The molecule has 1 aromatic rings. The fourth-order valence-corrected chi connectivity index (χ4v) is 10.2. The molecule has 0 aromatic heterocycles. The smallest absolute Gasteiger partial charge is 0.248 e. The molecule has 1 aromatic carbocycles. The van der Waals surface area contributed by atoms with Crippen molar-refractivity contribution in [2.24, 2.45) is 29.0 Å². The average Bonchev–Trinajstić information content (AvgIpc) is 4.02. The molecule has 3 saturated heterocycles. The van der Waals surface area contributed by atoms with Crippen LogP contribution in [0.5, 0.6) is 5.75 Å². The molecule has 17 unspecified atom stereocenters. The number of benzene rings is 1. The van der Waals surface area contributed by atoms with Crippen molar-refractivity contribution in [3.05, 3.63) is 29.8 Å². The first kappa shape index (κ1) is 66.9. The molecule has 17 atom stereocenters. The number of primary amides is 1. The van der Waals surface area contributed by atoms with Crippen LogP contribution < -0.4 is 43.8 Å². The Balaban J connectivity index is 1.77. The number of nitrogens with one attached hydrogen (secondary N) is 5. The lowest BCUT2D eigenvalue weighted by molar-refractivity contribution is -0.150. The summed E-state index contributed by atoms with van der Waals surface area (Å²) >= 11 is 0. The van der Waals surface area contributed by atoms with E-state index in [-0.39, 0.29) is 30.7 Å². The highest BCUT2D eigenvalue weighted by Crippen LogP contribution is 2.27. The Hall–Kier alpha value is -5.62. The van der Waals surface area contributed by atoms with E-state index in [4.69, 9.17) is 21.9 Å². The minimum atomic E-state index is -2.37. The van der Waals surface area contributed by atoms with Gasteiger partial charge in [-0.3, -0.25) is 38.4 Å². The number of aliphatic hydroxyl groups excluding tert-OH is 7. The third kappa shape index (κ3) is 19.5. The van der Waals surface area contributed by atoms with Gasteiger partial charge >= 0.3 is 0 Å². The van der Waals surface area contributed by atoms with Gasteiger partial charge in [0.2, 0.25) is 47.3 Å². The molecule has 27 heteroatoms. The van der Waals surface area contributed by atoms with Crippen LogP contribution in [0.4, 0.5) is 0 Å². The molecule has 452 valence electrons. The Kier molecular flexibility index (Phi) is 26.9. The highest BCUT2D eigenvalue weighted by atomic mass is 16.5. The van der Waals surface area contributed by atoms with Gasteiger partial charge in [-0.25, -0.2) is 0 Å². The summed E-state index contributed by atoms with van der Waals surface area (Å²) in [6.07, 6.45) is -9.58. The molecule has 0 bridgehead atoms. The number of carbonyl (C=O) groups is 8. The van der Waals surface area contributed by atoms with E-state index in [0.29, 0.717) is 24.7 Å². The van der Waals surface area contributed by atoms with Gasteiger partial charge in [0.25, 0.3) is 0 Å². The van der Waals surface area contributed by atoms with Gasteiger partial charge in [0.05, 0.1) is 37.4 Å². The zero-order valence-corrected chi connectivity index (χ0v) is 46.2. The lowest BCUT2D eigenvalue weighted by atomic mass is 9.91. The molecule has 0 radical (unpaired) electrons. The van der Waals surface area contributed by atoms with Crippen molar-refractivity contribution >= 4 is 47.3 Å². The van der Waals surface area contributed by atoms with Gasteiger partial charge in [-0.1, -0.05) is 77.8 Å². The van der Waals surface area contributed by atoms with Crippen molar-refractivity contribution < 1.29 is 83.9 Å². The number of fused-ring (bicyclic) bond motifs is 2. The molecule has 80 heavy (non-hydrogen) atoms. The summed E-state index contributed by atoms with van der Waals surface area (Å²) in [5, 5.41) is 101. The number of phenols is 1. The highest BCUT2D eigenvalue weighted by molar-refractivity contribution is 5.98. The van der Waals surface area contributed by atoms with Crippen LogP contribution in [0.25, 0.3) is 0 Å².